The molecule has 1 nitrogen and oxygen atoms in total. The van der Waals surface area contributed by atoms with Crippen LogP contribution in [0.2, 0.25) is 18.1 Å². The van der Waals surface area contributed by atoms with Crippen LogP contribution in [-0.4, -0.2) is 15.4 Å². The molecule has 0 bridgehead atoms. The van der Waals surface area contributed by atoms with Crippen LogP contribution in [0.1, 0.15) is 65.7 Å². The molecule has 0 aliphatic heterocycles. The Morgan fingerprint density at radius 1 is 0.688 bits per heavy atom. The summed E-state index contributed by atoms with van der Waals surface area (Å²) < 4.78 is 6.03. The fraction of sp³-hybridized carbons (Fsp3) is 1.00. The van der Waals surface area contributed by atoms with E-state index in [2.05, 4.69) is 20.8 Å². The Morgan fingerprint density at radius 3 is 1.50 bits per heavy atom. The second-order valence-electron chi connectivity index (χ2n) is 5.05. The van der Waals surface area contributed by atoms with Gasteiger partial charge in [-0.1, -0.05) is 65.7 Å². The van der Waals surface area contributed by atoms with E-state index in [0.29, 0.717) is 0 Å². The van der Waals surface area contributed by atoms with Crippen LogP contribution >= 0.6 is 0 Å². The zero-order chi connectivity index (χ0) is 12.3. The molecule has 0 rings (SSSR count). The second kappa shape index (κ2) is 10.3. The van der Waals surface area contributed by atoms with Crippen LogP contribution in [0.25, 0.3) is 0 Å². The molecule has 0 aromatic rings. The summed E-state index contributed by atoms with van der Waals surface area (Å²) in [5, 5.41) is 0. The molecule has 0 aliphatic rings. The summed E-state index contributed by atoms with van der Waals surface area (Å²) in [7, 11) is 0.627. The molecule has 0 N–H and O–H groups in total. The van der Waals surface area contributed by atoms with Crippen molar-refractivity contribution in [1.82, 2.24) is 0 Å². The average Bonchev–Trinajstić information content (AvgIpc) is 2.32. The number of hydrogen-bond acceptors (Lipinski definition) is 1. The predicted molar refractivity (Wildman–Crippen MR) is 76.5 cm³/mol. The highest BCUT2D eigenvalue weighted by molar-refractivity contribution is 6.73. The molecule has 98 valence electrons. The summed E-state index contributed by atoms with van der Waals surface area (Å²) in [6, 6.07) is 4.19. The summed E-state index contributed by atoms with van der Waals surface area (Å²) in [4.78, 5) is 0. The van der Waals surface area contributed by atoms with Gasteiger partial charge >= 0.3 is 0 Å². The third-order valence-corrected chi connectivity index (χ3v) is 8.30. The molecule has 0 radical (unpaired) electrons. The van der Waals surface area contributed by atoms with E-state index in [1.165, 1.54) is 63.1 Å². The van der Waals surface area contributed by atoms with Gasteiger partial charge in [0.1, 0.15) is 0 Å². The van der Waals surface area contributed by atoms with Crippen molar-refractivity contribution < 1.29 is 4.43 Å². The first-order chi connectivity index (χ1) is 7.74. The molecule has 0 aliphatic carbocycles. The van der Waals surface area contributed by atoms with E-state index in [1.54, 1.807) is 0 Å². The lowest BCUT2D eigenvalue weighted by molar-refractivity contribution is 0.382. The standard InChI is InChI=1S/C14H32OSi/c1-5-8-11-14-16(15-4,12-9-6-2)13-10-7-3/h5-14H2,1-4H3. The van der Waals surface area contributed by atoms with E-state index in [9.17, 15) is 0 Å². The molecule has 0 saturated carbocycles. The molecular formula is C14H32OSi. The van der Waals surface area contributed by atoms with Crippen LogP contribution in [0, 0.1) is 0 Å². The fourth-order valence-electron chi connectivity index (χ4n) is 2.38. The van der Waals surface area contributed by atoms with E-state index in [-0.39, 0.29) is 0 Å². The molecule has 0 unspecified atom stereocenters. The first kappa shape index (κ1) is 16.2. The molecule has 0 aromatic carbocycles. The third kappa shape index (κ3) is 6.69. The van der Waals surface area contributed by atoms with Gasteiger partial charge in [-0.25, -0.2) is 0 Å². The lowest BCUT2D eigenvalue weighted by atomic mass is 10.3. The SMILES string of the molecule is CCCCC[Si](CCCC)(CCCC)OC. The Bertz CT molecular complexity index is 140. The molecule has 0 saturated heterocycles. The van der Waals surface area contributed by atoms with Gasteiger partial charge in [0.15, 0.2) is 8.32 Å². The molecule has 0 spiro atoms. The van der Waals surface area contributed by atoms with Gasteiger partial charge < -0.3 is 4.43 Å². The normalized spacial score (nSPS) is 12.0. The van der Waals surface area contributed by atoms with Gasteiger partial charge in [-0.05, 0) is 18.1 Å². The van der Waals surface area contributed by atoms with E-state index in [1.807, 2.05) is 7.11 Å². The van der Waals surface area contributed by atoms with Crippen molar-refractivity contribution in [2.45, 2.75) is 83.8 Å². The van der Waals surface area contributed by atoms with Crippen molar-refractivity contribution in [2.24, 2.45) is 0 Å². The van der Waals surface area contributed by atoms with Crippen molar-refractivity contribution in [3.63, 3.8) is 0 Å². The van der Waals surface area contributed by atoms with Crippen LogP contribution < -0.4 is 0 Å². The second-order valence-corrected chi connectivity index (χ2v) is 9.33. The van der Waals surface area contributed by atoms with Crippen LogP contribution in [0.5, 0.6) is 0 Å². The van der Waals surface area contributed by atoms with E-state index in [4.69, 9.17) is 4.43 Å². The minimum absolute atomic E-state index is 1.32. The predicted octanol–water partition coefficient (Wildman–Crippen LogP) is 5.37. The van der Waals surface area contributed by atoms with Crippen molar-refractivity contribution in [2.75, 3.05) is 7.11 Å². The van der Waals surface area contributed by atoms with Gasteiger partial charge in [0.2, 0.25) is 0 Å². The first-order valence-electron chi connectivity index (χ1n) is 7.29. The Hall–Kier alpha value is 0.177. The topological polar surface area (TPSA) is 9.23 Å². The van der Waals surface area contributed by atoms with E-state index < -0.39 is 8.32 Å². The number of unbranched alkanes of at least 4 members (excludes halogenated alkanes) is 4. The lowest BCUT2D eigenvalue weighted by Crippen LogP contribution is -2.36. The zero-order valence-electron chi connectivity index (χ0n) is 12.0. The number of rotatable bonds is 11. The van der Waals surface area contributed by atoms with Gasteiger partial charge in [0, 0.05) is 7.11 Å². The van der Waals surface area contributed by atoms with E-state index >= 15 is 0 Å². The summed E-state index contributed by atoms with van der Waals surface area (Å²) in [6.45, 7) is 6.87. The zero-order valence-corrected chi connectivity index (χ0v) is 13.0. The highest BCUT2D eigenvalue weighted by Crippen LogP contribution is 2.28. The molecule has 0 amide bonds. The van der Waals surface area contributed by atoms with Gasteiger partial charge in [0.25, 0.3) is 0 Å². The third-order valence-electron chi connectivity index (χ3n) is 3.64. The maximum Gasteiger partial charge on any atom is 0.192 e. The average molecular weight is 244 g/mol. The van der Waals surface area contributed by atoms with Gasteiger partial charge in [-0.15, -0.1) is 0 Å². The summed E-state index contributed by atoms with van der Waals surface area (Å²) >= 11 is 0. The molecule has 0 aromatic heterocycles. The van der Waals surface area contributed by atoms with Crippen molar-refractivity contribution in [3.05, 3.63) is 0 Å². The fourth-order valence-corrected chi connectivity index (χ4v) is 6.63. The first-order valence-corrected chi connectivity index (χ1v) is 9.82. The van der Waals surface area contributed by atoms with Crippen LogP contribution in [0.3, 0.4) is 0 Å². The minimum atomic E-state index is -1.35. The summed E-state index contributed by atoms with van der Waals surface area (Å²) in [5.74, 6) is 0. The van der Waals surface area contributed by atoms with Gasteiger partial charge in [0.05, 0.1) is 0 Å². The Labute approximate surface area is 104 Å². The Kier molecular flexibility index (Phi) is 10.5. The molecule has 0 fully saturated rings. The molecular weight excluding hydrogens is 212 g/mol. The number of hydrogen-bond donors (Lipinski definition) is 0. The minimum Gasteiger partial charge on any atom is -0.420 e. The van der Waals surface area contributed by atoms with Crippen molar-refractivity contribution in [3.8, 4) is 0 Å². The summed E-state index contributed by atoms with van der Waals surface area (Å²) in [5.41, 5.74) is 0. The molecule has 16 heavy (non-hydrogen) atoms. The summed E-state index contributed by atoms with van der Waals surface area (Å²) in [6.07, 6.45) is 9.48. The van der Waals surface area contributed by atoms with Crippen LogP contribution in [-0.2, 0) is 4.43 Å². The van der Waals surface area contributed by atoms with Crippen LogP contribution in [0.15, 0.2) is 0 Å². The maximum absolute atomic E-state index is 6.03. The molecule has 0 heterocycles. The Balaban J connectivity index is 4.16. The highest BCUT2D eigenvalue weighted by atomic mass is 28.4. The highest BCUT2D eigenvalue weighted by Gasteiger charge is 2.31. The van der Waals surface area contributed by atoms with E-state index in [0.717, 1.165) is 0 Å². The van der Waals surface area contributed by atoms with Crippen molar-refractivity contribution in [1.29, 1.82) is 0 Å². The lowest BCUT2D eigenvalue weighted by Gasteiger charge is -2.30. The smallest absolute Gasteiger partial charge is 0.192 e. The Morgan fingerprint density at radius 2 is 1.12 bits per heavy atom. The van der Waals surface area contributed by atoms with Gasteiger partial charge in [-0.2, -0.15) is 0 Å². The van der Waals surface area contributed by atoms with Gasteiger partial charge in [-0.3, -0.25) is 0 Å². The maximum atomic E-state index is 6.03. The van der Waals surface area contributed by atoms with Crippen molar-refractivity contribution >= 4 is 8.32 Å². The molecule has 0 atom stereocenters. The monoisotopic (exact) mass is 244 g/mol. The van der Waals surface area contributed by atoms with Crippen LogP contribution in [0.4, 0.5) is 0 Å². The largest absolute Gasteiger partial charge is 0.420 e. The molecule has 2 heteroatoms. The quantitative estimate of drug-likeness (QED) is 0.351.